The molecule has 0 saturated carbocycles. The van der Waals surface area contributed by atoms with Crippen LogP contribution in [-0.2, 0) is 11.3 Å². The zero-order valence-corrected chi connectivity index (χ0v) is 13.2. The van der Waals surface area contributed by atoms with Crippen LogP contribution in [0.3, 0.4) is 0 Å². The molecule has 0 aliphatic carbocycles. The highest BCUT2D eigenvalue weighted by Crippen LogP contribution is 2.22. The van der Waals surface area contributed by atoms with Gasteiger partial charge in [-0.2, -0.15) is 0 Å². The molecule has 1 aromatic carbocycles. The van der Waals surface area contributed by atoms with Gasteiger partial charge in [-0.15, -0.1) is 0 Å². The number of hydrogen-bond acceptors (Lipinski definition) is 4. The third-order valence-corrected chi connectivity index (χ3v) is 4.38. The molecule has 1 atom stereocenters. The number of amides is 1. The summed E-state index contributed by atoms with van der Waals surface area (Å²) < 4.78 is 5.37. The summed E-state index contributed by atoms with van der Waals surface area (Å²) in [4.78, 5) is 13.9. The zero-order valence-electron chi connectivity index (χ0n) is 13.2. The molecule has 1 aliphatic rings. The highest BCUT2D eigenvalue weighted by molar-refractivity contribution is 5.67. The molecule has 0 radical (unpaired) electrons. The maximum atomic E-state index is 12.1. The van der Waals surface area contributed by atoms with Crippen LogP contribution in [0.4, 0.5) is 4.79 Å². The summed E-state index contributed by atoms with van der Waals surface area (Å²) in [5.41, 5.74) is 1.00. The zero-order chi connectivity index (χ0) is 15.8. The molecule has 1 amide bonds. The van der Waals surface area contributed by atoms with Gasteiger partial charge < -0.3 is 20.1 Å². The molecule has 0 unspecified atom stereocenters. The molecule has 5 heteroatoms. The Morgan fingerprint density at radius 1 is 1.36 bits per heavy atom. The molecular formula is C17H26N2O3. The number of aliphatic hydroxyl groups is 1. The van der Waals surface area contributed by atoms with E-state index in [1.165, 1.54) is 0 Å². The van der Waals surface area contributed by atoms with Crippen LogP contribution in [0.15, 0.2) is 30.3 Å². The Kier molecular flexibility index (Phi) is 6.68. The Labute approximate surface area is 132 Å². The number of hydrogen-bond donors (Lipinski definition) is 2. The lowest BCUT2D eigenvalue weighted by molar-refractivity contribution is 0.0768. The highest BCUT2D eigenvalue weighted by atomic mass is 16.6. The summed E-state index contributed by atoms with van der Waals surface area (Å²) in [6.07, 6.45) is 2.43. The van der Waals surface area contributed by atoms with E-state index in [0.29, 0.717) is 18.6 Å². The number of ether oxygens (including phenoxy) is 1. The first-order chi connectivity index (χ1) is 10.7. The van der Waals surface area contributed by atoms with Gasteiger partial charge in [0.2, 0.25) is 0 Å². The van der Waals surface area contributed by atoms with Crippen LogP contribution in [0.1, 0.15) is 24.8 Å². The number of carbonyl (C=O) groups is 1. The fourth-order valence-electron chi connectivity index (χ4n) is 3.05. The summed E-state index contributed by atoms with van der Waals surface area (Å²) >= 11 is 0. The van der Waals surface area contributed by atoms with E-state index in [1.54, 1.807) is 4.90 Å². The average Bonchev–Trinajstić information content (AvgIpc) is 2.58. The van der Waals surface area contributed by atoms with Crippen LogP contribution >= 0.6 is 0 Å². The van der Waals surface area contributed by atoms with Crippen molar-refractivity contribution in [3.8, 4) is 0 Å². The third-order valence-electron chi connectivity index (χ3n) is 4.38. The Bertz CT molecular complexity index is 444. The molecule has 1 fully saturated rings. The minimum atomic E-state index is -0.231. The van der Waals surface area contributed by atoms with E-state index in [-0.39, 0.29) is 12.7 Å². The second-order valence-corrected chi connectivity index (χ2v) is 5.77. The lowest BCUT2D eigenvalue weighted by Crippen LogP contribution is -2.44. The van der Waals surface area contributed by atoms with Gasteiger partial charge in [0.15, 0.2) is 0 Å². The number of benzene rings is 1. The number of likely N-dealkylation sites (tertiary alicyclic amines) is 1. The van der Waals surface area contributed by atoms with E-state index in [2.05, 4.69) is 5.32 Å². The lowest BCUT2D eigenvalue weighted by Gasteiger charge is -2.35. The summed E-state index contributed by atoms with van der Waals surface area (Å²) in [5.74, 6) is 0.510. The van der Waals surface area contributed by atoms with Gasteiger partial charge in [-0.1, -0.05) is 30.3 Å². The number of aliphatic hydroxyl groups excluding tert-OH is 1. The molecule has 5 nitrogen and oxygen atoms in total. The number of nitrogens with one attached hydrogen (secondary N) is 1. The first-order valence-corrected chi connectivity index (χ1v) is 7.98. The van der Waals surface area contributed by atoms with Gasteiger partial charge in [0.1, 0.15) is 6.61 Å². The van der Waals surface area contributed by atoms with Gasteiger partial charge in [-0.3, -0.25) is 0 Å². The summed E-state index contributed by atoms with van der Waals surface area (Å²) in [6, 6.07) is 10.0. The van der Waals surface area contributed by atoms with Crippen molar-refractivity contribution in [2.24, 2.45) is 5.92 Å². The third kappa shape index (κ3) is 4.71. The van der Waals surface area contributed by atoms with Crippen molar-refractivity contribution in [3.05, 3.63) is 35.9 Å². The molecule has 0 bridgehead atoms. The maximum Gasteiger partial charge on any atom is 0.410 e. The van der Waals surface area contributed by atoms with Gasteiger partial charge in [-0.25, -0.2) is 4.79 Å². The minimum absolute atomic E-state index is 0.199. The summed E-state index contributed by atoms with van der Waals surface area (Å²) in [5, 5.41) is 12.4. The minimum Gasteiger partial charge on any atom is -0.445 e. The summed E-state index contributed by atoms with van der Waals surface area (Å²) in [6.45, 7) is 1.97. The van der Waals surface area contributed by atoms with E-state index in [9.17, 15) is 4.79 Å². The van der Waals surface area contributed by atoms with Crippen molar-refractivity contribution in [2.75, 3.05) is 26.7 Å². The Hall–Kier alpha value is -1.59. The average molecular weight is 306 g/mol. The molecule has 1 heterocycles. The van der Waals surface area contributed by atoms with E-state index >= 15 is 0 Å². The lowest BCUT2D eigenvalue weighted by atomic mass is 9.88. The van der Waals surface area contributed by atoms with Crippen molar-refractivity contribution >= 4 is 6.09 Å². The van der Waals surface area contributed by atoms with E-state index < -0.39 is 0 Å². The van der Waals surface area contributed by atoms with Gasteiger partial charge in [0.25, 0.3) is 0 Å². The standard InChI is InChI=1S/C17H26N2O3/c1-18-16(9-12-20)15-7-10-19(11-8-15)17(21)22-13-14-5-3-2-4-6-14/h2-6,15-16,18,20H,7-13H2,1H3/t16-/m0/s1. The van der Waals surface area contributed by atoms with Crippen LogP contribution in [-0.4, -0.2) is 48.9 Å². The van der Waals surface area contributed by atoms with Crippen LogP contribution in [0.2, 0.25) is 0 Å². The first-order valence-electron chi connectivity index (χ1n) is 7.98. The number of nitrogens with zero attached hydrogens (tertiary/aromatic N) is 1. The molecule has 1 aliphatic heterocycles. The van der Waals surface area contributed by atoms with E-state index in [0.717, 1.165) is 37.9 Å². The van der Waals surface area contributed by atoms with Gasteiger partial charge in [0, 0.05) is 25.7 Å². The molecule has 0 spiro atoms. The van der Waals surface area contributed by atoms with Crippen molar-refractivity contribution in [2.45, 2.75) is 31.9 Å². The highest BCUT2D eigenvalue weighted by Gasteiger charge is 2.28. The van der Waals surface area contributed by atoms with Gasteiger partial charge in [-0.05, 0) is 37.8 Å². The van der Waals surface area contributed by atoms with Crippen LogP contribution in [0, 0.1) is 5.92 Å². The Morgan fingerprint density at radius 2 is 2.05 bits per heavy atom. The molecular weight excluding hydrogens is 280 g/mol. The quantitative estimate of drug-likeness (QED) is 0.844. The van der Waals surface area contributed by atoms with Crippen molar-refractivity contribution in [1.82, 2.24) is 10.2 Å². The Morgan fingerprint density at radius 3 is 2.64 bits per heavy atom. The molecule has 1 saturated heterocycles. The molecule has 1 aromatic rings. The largest absolute Gasteiger partial charge is 0.445 e. The van der Waals surface area contributed by atoms with Gasteiger partial charge in [0.05, 0.1) is 0 Å². The fraction of sp³-hybridized carbons (Fsp3) is 0.588. The van der Waals surface area contributed by atoms with E-state index in [1.807, 2.05) is 37.4 Å². The number of piperidine rings is 1. The SMILES string of the molecule is CN[C@@H](CCO)C1CCN(C(=O)OCc2ccccc2)CC1. The van der Waals surface area contributed by atoms with Crippen LogP contribution < -0.4 is 5.32 Å². The number of rotatable bonds is 6. The van der Waals surface area contributed by atoms with Crippen LogP contribution in [0.25, 0.3) is 0 Å². The Balaban J connectivity index is 1.75. The molecule has 122 valence electrons. The van der Waals surface area contributed by atoms with Crippen molar-refractivity contribution in [3.63, 3.8) is 0 Å². The second-order valence-electron chi connectivity index (χ2n) is 5.77. The second kappa shape index (κ2) is 8.76. The van der Waals surface area contributed by atoms with Crippen molar-refractivity contribution in [1.29, 1.82) is 0 Å². The summed E-state index contributed by atoms with van der Waals surface area (Å²) in [7, 11) is 1.93. The van der Waals surface area contributed by atoms with E-state index in [4.69, 9.17) is 9.84 Å². The monoisotopic (exact) mass is 306 g/mol. The maximum absolute atomic E-state index is 12.1. The molecule has 0 aromatic heterocycles. The number of carbonyl (C=O) groups excluding carboxylic acids is 1. The predicted octanol–water partition coefficient (Wildman–Crippen LogP) is 2.01. The molecule has 2 N–H and O–H groups in total. The normalized spacial score (nSPS) is 17.3. The van der Waals surface area contributed by atoms with Crippen molar-refractivity contribution < 1.29 is 14.6 Å². The predicted molar refractivity (Wildman–Crippen MR) is 85.5 cm³/mol. The fourth-order valence-corrected chi connectivity index (χ4v) is 3.05. The smallest absolute Gasteiger partial charge is 0.410 e. The van der Waals surface area contributed by atoms with Crippen LogP contribution in [0.5, 0.6) is 0 Å². The molecule has 22 heavy (non-hydrogen) atoms. The van der Waals surface area contributed by atoms with Gasteiger partial charge >= 0.3 is 6.09 Å². The molecule has 2 rings (SSSR count). The first kappa shape index (κ1) is 16.8. The topological polar surface area (TPSA) is 61.8 Å².